The van der Waals surface area contributed by atoms with Crippen LogP contribution in [0, 0.1) is 0 Å². The number of carbonyl (C=O) groups is 1. The van der Waals surface area contributed by atoms with Gasteiger partial charge in [0.25, 0.3) is 5.79 Å². The molecule has 0 bridgehead atoms. The van der Waals surface area contributed by atoms with Crippen molar-refractivity contribution in [1.82, 2.24) is 0 Å². The minimum atomic E-state index is -2.87. The zero-order valence-electron chi connectivity index (χ0n) is 18.3. The zero-order chi connectivity index (χ0) is 22.6. The number of aliphatic hydroxyl groups is 6. The maximum absolute atomic E-state index is 12.0. The van der Waals surface area contributed by atoms with E-state index in [1.807, 2.05) is 0 Å². The third kappa shape index (κ3) is 8.40. The van der Waals surface area contributed by atoms with E-state index in [-0.39, 0.29) is 6.42 Å². The predicted molar refractivity (Wildman–Crippen MR) is 111 cm³/mol. The Morgan fingerprint density at radius 3 is 1.43 bits per heavy atom. The van der Waals surface area contributed by atoms with E-state index in [0.29, 0.717) is 6.42 Å². The molecule has 30 heavy (non-hydrogen) atoms. The lowest BCUT2D eigenvalue weighted by Gasteiger charge is -2.46. The lowest BCUT2D eigenvalue weighted by atomic mass is 9.82. The van der Waals surface area contributed by atoms with E-state index in [1.54, 1.807) is 0 Å². The standard InChI is InChI=1S/C22H42O8/c1-2-3-4-5-6-7-8-9-10-11-12-13-14-15-16(23)30-22(29)20(27)18(25)17(24)19(26)21(22)28/h17-21,24-29H,2-15H2,1H3/t17?,18-,19+,20-,21-,22?/m1/s1. The van der Waals surface area contributed by atoms with Crippen molar-refractivity contribution < 1.29 is 40.2 Å². The number of unbranched alkanes of at least 4 members (excludes halogenated alkanes) is 12. The second-order valence-electron chi connectivity index (χ2n) is 8.58. The van der Waals surface area contributed by atoms with Crippen LogP contribution in [0.15, 0.2) is 0 Å². The highest BCUT2D eigenvalue weighted by Gasteiger charge is 2.60. The molecule has 0 saturated heterocycles. The molecule has 1 aliphatic carbocycles. The van der Waals surface area contributed by atoms with Crippen LogP contribution < -0.4 is 0 Å². The quantitative estimate of drug-likeness (QED) is 0.129. The Kier molecular flexibility index (Phi) is 13.0. The number of aliphatic hydroxyl groups excluding tert-OH is 5. The van der Waals surface area contributed by atoms with Crippen molar-refractivity contribution in [3.63, 3.8) is 0 Å². The van der Waals surface area contributed by atoms with Gasteiger partial charge in [-0.3, -0.25) is 4.79 Å². The largest absolute Gasteiger partial charge is 0.427 e. The molecule has 0 aromatic rings. The van der Waals surface area contributed by atoms with E-state index in [2.05, 4.69) is 6.92 Å². The Bertz CT molecular complexity index is 456. The second kappa shape index (κ2) is 14.3. The second-order valence-corrected chi connectivity index (χ2v) is 8.58. The lowest BCUT2D eigenvalue weighted by Crippen LogP contribution is -2.72. The SMILES string of the molecule is CCCCCCCCCCCCCCCC(=O)OC1(O)[C@H](O)[C@H](O)C(O)[C@H](O)[C@H]1O. The Morgan fingerprint density at radius 1 is 0.667 bits per heavy atom. The molecule has 0 aliphatic heterocycles. The molecule has 6 N–H and O–H groups in total. The molecule has 2 unspecified atom stereocenters. The van der Waals surface area contributed by atoms with E-state index in [0.717, 1.165) is 19.3 Å². The first-order valence-electron chi connectivity index (χ1n) is 11.6. The van der Waals surface area contributed by atoms with Crippen molar-refractivity contribution in [2.24, 2.45) is 0 Å². The average molecular weight is 435 g/mol. The Hall–Kier alpha value is -0.770. The van der Waals surface area contributed by atoms with Crippen LogP contribution in [-0.4, -0.2) is 72.9 Å². The monoisotopic (exact) mass is 434 g/mol. The van der Waals surface area contributed by atoms with Crippen molar-refractivity contribution in [2.45, 2.75) is 133 Å². The van der Waals surface area contributed by atoms with Gasteiger partial charge in [0.15, 0.2) is 12.2 Å². The molecular formula is C22H42O8. The summed E-state index contributed by atoms with van der Waals surface area (Å²) in [5, 5.41) is 58.9. The molecule has 8 nitrogen and oxygen atoms in total. The highest BCUT2D eigenvalue weighted by atomic mass is 16.7. The first-order valence-corrected chi connectivity index (χ1v) is 11.6. The Morgan fingerprint density at radius 2 is 1.03 bits per heavy atom. The van der Waals surface area contributed by atoms with Gasteiger partial charge in [-0.25, -0.2) is 0 Å². The number of hydrogen-bond acceptors (Lipinski definition) is 8. The van der Waals surface area contributed by atoms with Crippen LogP contribution in [0.3, 0.4) is 0 Å². The summed E-state index contributed by atoms with van der Waals surface area (Å²) in [6, 6.07) is 0. The van der Waals surface area contributed by atoms with E-state index in [9.17, 15) is 35.4 Å². The fourth-order valence-corrected chi connectivity index (χ4v) is 3.88. The summed E-state index contributed by atoms with van der Waals surface area (Å²) in [4.78, 5) is 12.0. The van der Waals surface area contributed by atoms with Crippen LogP contribution in [0.4, 0.5) is 0 Å². The highest BCUT2D eigenvalue weighted by molar-refractivity contribution is 5.69. The van der Waals surface area contributed by atoms with Crippen LogP contribution in [-0.2, 0) is 9.53 Å². The summed E-state index contributed by atoms with van der Waals surface area (Å²) in [5.41, 5.74) is 0. The molecule has 178 valence electrons. The van der Waals surface area contributed by atoms with Crippen molar-refractivity contribution in [1.29, 1.82) is 0 Å². The fraction of sp³-hybridized carbons (Fsp3) is 0.955. The van der Waals surface area contributed by atoms with Gasteiger partial charge in [-0.05, 0) is 6.42 Å². The van der Waals surface area contributed by atoms with Crippen LogP contribution in [0.5, 0.6) is 0 Å². The molecule has 0 amide bonds. The molecule has 1 fully saturated rings. The first kappa shape index (κ1) is 27.3. The minimum Gasteiger partial charge on any atom is -0.427 e. The summed E-state index contributed by atoms with van der Waals surface area (Å²) in [6.45, 7) is 2.22. The first-order chi connectivity index (χ1) is 14.3. The topological polar surface area (TPSA) is 148 Å². The molecule has 0 radical (unpaired) electrons. The Labute approximate surface area is 179 Å². The van der Waals surface area contributed by atoms with E-state index >= 15 is 0 Å². The van der Waals surface area contributed by atoms with Crippen LogP contribution in [0.1, 0.15) is 96.8 Å². The van der Waals surface area contributed by atoms with Gasteiger partial charge in [0, 0.05) is 6.42 Å². The molecule has 0 heterocycles. The summed E-state index contributed by atoms with van der Waals surface area (Å²) in [5.74, 6) is -3.72. The molecule has 0 aromatic heterocycles. The number of carbonyl (C=O) groups excluding carboxylic acids is 1. The van der Waals surface area contributed by atoms with Gasteiger partial charge in [0.1, 0.15) is 18.3 Å². The van der Waals surface area contributed by atoms with Gasteiger partial charge in [0.05, 0.1) is 0 Å². The van der Waals surface area contributed by atoms with E-state index < -0.39 is 42.3 Å². The number of esters is 1. The third-order valence-electron chi connectivity index (χ3n) is 5.96. The third-order valence-corrected chi connectivity index (χ3v) is 5.96. The molecule has 0 aromatic carbocycles. The van der Waals surface area contributed by atoms with E-state index in [4.69, 9.17) is 4.74 Å². The molecule has 1 aliphatic rings. The van der Waals surface area contributed by atoms with Gasteiger partial charge >= 0.3 is 5.97 Å². The number of hydrogen-bond donors (Lipinski definition) is 6. The van der Waals surface area contributed by atoms with Gasteiger partial charge in [-0.1, -0.05) is 84.0 Å². The minimum absolute atomic E-state index is 0.0196. The fourth-order valence-electron chi connectivity index (χ4n) is 3.88. The average Bonchev–Trinajstić information content (AvgIpc) is 2.73. The van der Waals surface area contributed by atoms with Crippen molar-refractivity contribution in [2.75, 3.05) is 0 Å². The van der Waals surface area contributed by atoms with Crippen LogP contribution in [0.2, 0.25) is 0 Å². The molecule has 8 heteroatoms. The maximum atomic E-state index is 12.0. The van der Waals surface area contributed by atoms with Crippen LogP contribution >= 0.6 is 0 Å². The van der Waals surface area contributed by atoms with Crippen molar-refractivity contribution in [3.8, 4) is 0 Å². The lowest BCUT2D eigenvalue weighted by molar-refractivity contribution is -0.347. The van der Waals surface area contributed by atoms with Crippen LogP contribution in [0.25, 0.3) is 0 Å². The van der Waals surface area contributed by atoms with Crippen molar-refractivity contribution >= 4 is 5.97 Å². The number of rotatable bonds is 15. The molecule has 0 spiro atoms. The molecule has 1 rings (SSSR count). The maximum Gasteiger partial charge on any atom is 0.308 e. The Balaban J connectivity index is 2.12. The van der Waals surface area contributed by atoms with Gasteiger partial charge < -0.3 is 35.4 Å². The van der Waals surface area contributed by atoms with Gasteiger partial charge in [-0.2, -0.15) is 0 Å². The smallest absolute Gasteiger partial charge is 0.308 e. The molecular weight excluding hydrogens is 392 g/mol. The number of ether oxygens (including phenoxy) is 1. The van der Waals surface area contributed by atoms with Gasteiger partial charge in [-0.15, -0.1) is 0 Å². The molecule has 1 saturated carbocycles. The summed E-state index contributed by atoms with van der Waals surface area (Å²) in [7, 11) is 0. The summed E-state index contributed by atoms with van der Waals surface area (Å²) in [6.07, 6.45) is 4.96. The van der Waals surface area contributed by atoms with Crippen molar-refractivity contribution in [3.05, 3.63) is 0 Å². The predicted octanol–water partition coefficient (Wildman–Crippen LogP) is 1.52. The molecule has 6 atom stereocenters. The summed E-state index contributed by atoms with van der Waals surface area (Å²) >= 11 is 0. The normalized spacial score (nSPS) is 31.6. The highest BCUT2D eigenvalue weighted by Crippen LogP contribution is 2.32. The van der Waals surface area contributed by atoms with Gasteiger partial charge in [0.2, 0.25) is 0 Å². The van der Waals surface area contributed by atoms with E-state index in [1.165, 1.54) is 57.8 Å². The summed E-state index contributed by atoms with van der Waals surface area (Å²) < 4.78 is 4.79. The zero-order valence-corrected chi connectivity index (χ0v) is 18.3.